The number of halogens is 3. The maximum atomic E-state index is 13.5. The fourth-order valence-corrected chi connectivity index (χ4v) is 4.03. The van der Waals surface area contributed by atoms with E-state index in [1.54, 1.807) is 9.80 Å². The number of piperazine rings is 1. The molecule has 2 aliphatic rings. The van der Waals surface area contributed by atoms with Gasteiger partial charge in [0, 0.05) is 37.1 Å². The molecule has 0 spiro atoms. The number of hydrogen-bond donors (Lipinski definition) is 1. The summed E-state index contributed by atoms with van der Waals surface area (Å²) in [4.78, 5) is 31.7. The standard InChI is InChI=1S/C14H12Cl2FN3O2.C5H11N/c15-11-8(17)1-2-9-10(11)12(16)13(18-9)14(22)20-5-3-19(7-21)4-6-20;1-6-4-2-3-5-6/h1-2,7,18H,3-6H2;2-5H2,1H3. The Bertz CT molecular complexity index is 859. The summed E-state index contributed by atoms with van der Waals surface area (Å²) in [6.45, 7) is 4.43. The third-order valence-electron chi connectivity index (χ3n) is 5.09. The Morgan fingerprint density at radius 3 is 2.25 bits per heavy atom. The zero-order valence-electron chi connectivity index (χ0n) is 15.7. The maximum absolute atomic E-state index is 13.5. The lowest BCUT2D eigenvalue weighted by molar-refractivity contribution is -0.119. The molecule has 4 rings (SSSR count). The van der Waals surface area contributed by atoms with Crippen LogP contribution in [0, 0.1) is 5.82 Å². The van der Waals surface area contributed by atoms with Crippen LogP contribution < -0.4 is 0 Å². The van der Waals surface area contributed by atoms with Gasteiger partial charge in [0.1, 0.15) is 11.5 Å². The number of aromatic amines is 1. The van der Waals surface area contributed by atoms with Crippen molar-refractivity contribution in [2.45, 2.75) is 12.8 Å². The van der Waals surface area contributed by atoms with Crippen molar-refractivity contribution in [3.05, 3.63) is 33.7 Å². The minimum Gasteiger partial charge on any atom is -0.349 e. The summed E-state index contributed by atoms with van der Waals surface area (Å²) in [7, 11) is 2.17. The average Bonchev–Trinajstić information content (AvgIpc) is 3.32. The zero-order valence-corrected chi connectivity index (χ0v) is 17.2. The molecule has 2 saturated heterocycles. The van der Waals surface area contributed by atoms with E-state index in [1.807, 2.05) is 0 Å². The number of amides is 2. The van der Waals surface area contributed by atoms with Gasteiger partial charge in [-0.05, 0) is 45.1 Å². The zero-order chi connectivity index (χ0) is 20.3. The molecule has 2 aromatic rings. The first-order chi connectivity index (χ1) is 13.4. The summed E-state index contributed by atoms with van der Waals surface area (Å²) in [5, 5.41) is 0.309. The summed E-state index contributed by atoms with van der Waals surface area (Å²) in [5.74, 6) is -0.878. The molecular weight excluding hydrogens is 406 g/mol. The fourth-order valence-electron chi connectivity index (χ4n) is 3.40. The predicted molar refractivity (Wildman–Crippen MR) is 109 cm³/mol. The summed E-state index contributed by atoms with van der Waals surface area (Å²) in [5.41, 5.74) is 0.690. The first-order valence-corrected chi connectivity index (χ1v) is 10.00. The van der Waals surface area contributed by atoms with Gasteiger partial charge >= 0.3 is 0 Å². The topological polar surface area (TPSA) is 59.7 Å². The second-order valence-electron chi connectivity index (χ2n) is 7.04. The van der Waals surface area contributed by atoms with Gasteiger partial charge in [-0.15, -0.1) is 0 Å². The van der Waals surface area contributed by atoms with E-state index in [0.29, 0.717) is 37.1 Å². The van der Waals surface area contributed by atoms with Gasteiger partial charge in [-0.25, -0.2) is 4.39 Å². The Kier molecular flexibility index (Phi) is 6.80. The normalized spacial score (nSPS) is 17.6. The third kappa shape index (κ3) is 4.42. The van der Waals surface area contributed by atoms with Crippen molar-refractivity contribution < 1.29 is 14.0 Å². The molecule has 0 radical (unpaired) electrons. The minimum absolute atomic E-state index is 0.108. The van der Waals surface area contributed by atoms with Crippen molar-refractivity contribution in [3.8, 4) is 0 Å². The highest BCUT2D eigenvalue weighted by molar-refractivity contribution is 6.44. The summed E-state index contributed by atoms with van der Waals surface area (Å²) >= 11 is 12.1. The fraction of sp³-hybridized carbons (Fsp3) is 0.474. The van der Waals surface area contributed by atoms with Crippen molar-refractivity contribution in [2.75, 3.05) is 46.3 Å². The Morgan fingerprint density at radius 1 is 1.07 bits per heavy atom. The van der Waals surface area contributed by atoms with Crippen LogP contribution in [-0.2, 0) is 4.79 Å². The molecule has 2 aliphatic heterocycles. The van der Waals surface area contributed by atoms with Gasteiger partial charge in [-0.3, -0.25) is 9.59 Å². The van der Waals surface area contributed by atoms with Crippen LogP contribution in [0.1, 0.15) is 23.3 Å². The van der Waals surface area contributed by atoms with Crippen molar-refractivity contribution in [2.24, 2.45) is 0 Å². The average molecular weight is 429 g/mol. The van der Waals surface area contributed by atoms with Gasteiger partial charge in [0.2, 0.25) is 6.41 Å². The number of nitrogens with one attached hydrogen (secondary N) is 1. The Labute approximate surface area is 173 Å². The van der Waals surface area contributed by atoms with Crippen LogP contribution in [-0.4, -0.2) is 78.3 Å². The number of likely N-dealkylation sites (tertiary alicyclic amines) is 1. The van der Waals surface area contributed by atoms with E-state index >= 15 is 0 Å². The number of rotatable bonds is 2. The van der Waals surface area contributed by atoms with Crippen LogP contribution in [0.5, 0.6) is 0 Å². The third-order valence-corrected chi connectivity index (χ3v) is 5.84. The highest BCUT2D eigenvalue weighted by Crippen LogP contribution is 2.35. The molecule has 0 bridgehead atoms. The summed E-state index contributed by atoms with van der Waals surface area (Å²) in [6.07, 6.45) is 3.59. The Hall–Kier alpha value is -1.83. The number of hydrogen-bond acceptors (Lipinski definition) is 3. The number of fused-ring (bicyclic) bond motifs is 1. The van der Waals surface area contributed by atoms with E-state index in [2.05, 4.69) is 16.9 Å². The van der Waals surface area contributed by atoms with Crippen molar-refractivity contribution >= 4 is 46.4 Å². The van der Waals surface area contributed by atoms with E-state index < -0.39 is 5.82 Å². The van der Waals surface area contributed by atoms with Crippen LogP contribution in [0.4, 0.5) is 4.39 Å². The highest BCUT2D eigenvalue weighted by Gasteiger charge is 2.26. The maximum Gasteiger partial charge on any atom is 0.271 e. The second-order valence-corrected chi connectivity index (χ2v) is 7.80. The SMILES string of the molecule is CN1CCCC1.O=CN1CCN(C(=O)c2[nH]c3ccc(F)c(Cl)c3c2Cl)CC1. The van der Waals surface area contributed by atoms with E-state index in [9.17, 15) is 14.0 Å². The van der Waals surface area contributed by atoms with Gasteiger partial charge < -0.3 is 19.7 Å². The van der Waals surface area contributed by atoms with E-state index in [0.717, 1.165) is 6.41 Å². The molecular formula is C19H23Cl2FN4O2. The monoisotopic (exact) mass is 428 g/mol. The number of carbonyl (C=O) groups is 2. The molecule has 2 fully saturated rings. The summed E-state index contributed by atoms with van der Waals surface area (Å²) < 4.78 is 13.5. The van der Waals surface area contributed by atoms with E-state index in [-0.39, 0.29) is 21.6 Å². The van der Waals surface area contributed by atoms with Crippen LogP contribution >= 0.6 is 23.2 Å². The van der Waals surface area contributed by atoms with Crippen molar-refractivity contribution in [1.82, 2.24) is 19.7 Å². The number of aromatic nitrogens is 1. The molecule has 0 unspecified atom stereocenters. The predicted octanol–water partition coefficient (Wildman–Crippen LogP) is 3.24. The van der Waals surface area contributed by atoms with Crippen molar-refractivity contribution in [1.29, 1.82) is 0 Å². The molecule has 6 nitrogen and oxygen atoms in total. The highest BCUT2D eigenvalue weighted by atomic mass is 35.5. The van der Waals surface area contributed by atoms with Gasteiger partial charge in [-0.1, -0.05) is 23.2 Å². The number of H-pyrrole nitrogens is 1. The molecule has 0 atom stereocenters. The number of nitrogens with zero attached hydrogens (tertiary/aromatic N) is 3. The van der Waals surface area contributed by atoms with Gasteiger partial charge in [-0.2, -0.15) is 0 Å². The smallest absolute Gasteiger partial charge is 0.271 e. The lowest BCUT2D eigenvalue weighted by atomic mass is 10.2. The van der Waals surface area contributed by atoms with Crippen LogP contribution in [0.3, 0.4) is 0 Å². The minimum atomic E-state index is -0.589. The lowest BCUT2D eigenvalue weighted by Gasteiger charge is -2.32. The Morgan fingerprint density at radius 2 is 1.71 bits per heavy atom. The number of carbonyl (C=O) groups excluding carboxylic acids is 2. The van der Waals surface area contributed by atoms with Crippen LogP contribution in [0.2, 0.25) is 10.0 Å². The van der Waals surface area contributed by atoms with Gasteiger partial charge in [0.15, 0.2) is 0 Å². The van der Waals surface area contributed by atoms with Crippen LogP contribution in [0.15, 0.2) is 12.1 Å². The molecule has 1 aromatic heterocycles. The van der Waals surface area contributed by atoms with E-state index in [1.165, 1.54) is 38.1 Å². The molecule has 3 heterocycles. The molecule has 0 saturated carbocycles. The molecule has 1 N–H and O–H groups in total. The molecule has 152 valence electrons. The number of benzene rings is 1. The first-order valence-electron chi connectivity index (χ1n) is 9.24. The quantitative estimate of drug-likeness (QED) is 0.746. The first kappa shape index (κ1) is 20.9. The van der Waals surface area contributed by atoms with Crippen LogP contribution in [0.25, 0.3) is 10.9 Å². The second kappa shape index (κ2) is 9.11. The molecule has 9 heteroatoms. The molecule has 1 aromatic carbocycles. The van der Waals surface area contributed by atoms with Crippen molar-refractivity contribution in [3.63, 3.8) is 0 Å². The molecule has 28 heavy (non-hydrogen) atoms. The molecule has 2 amide bonds. The summed E-state index contributed by atoms with van der Waals surface area (Å²) in [6, 6.07) is 2.71. The Balaban J connectivity index is 0.000000320. The van der Waals surface area contributed by atoms with E-state index in [4.69, 9.17) is 23.2 Å². The van der Waals surface area contributed by atoms with Gasteiger partial charge in [0.05, 0.1) is 10.0 Å². The lowest BCUT2D eigenvalue weighted by Crippen LogP contribution is -2.48. The molecule has 0 aliphatic carbocycles. The largest absolute Gasteiger partial charge is 0.349 e. The van der Waals surface area contributed by atoms with Gasteiger partial charge in [0.25, 0.3) is 5.91 Å².